The first-order valence-electron chi connectivity index (χ1n) is 7.84. The van der Waals surface area contributed by atoms with Crippen LogP contribution in [-0.2, 0) is 6.54 Å². The zero-order valence-electron chi connectivity index (χ0n) is 12.9. The van der Waals surface area contributed by atoms with Crippen molar-refractivity contribution in [2.45, 2.75) is 39.7 Å². The molecule has 1 aromatic rings. The van der Waals surface area contributed by atoms with Crippen LogP contribution in [0.25, 0.3) is 0 Å². The van der Waals surface area contributed by atoms with Crippen molar-refractivity contribution >= 4 is 12.6 Å². The van der Waals surface area contributed by atoms with Gasteiger partial charge in [0.15, 0.2) is 0 Å². The molecule has 1 aliphatic heterocycles. The lowest BCUT2D eigenvalue weighted by Crippen LogP contribution is -2.36. The van der Waals surface area contributed by atoms with Gasteiger partial charge in [-0.2, -0.15) is 0 Å². The molecule has 0 saturated carbocycles. The van der Waals surface area contributed by atoms with Crippen LogP contribution >= 0.6 is 0 Å². The van der Waals surface area contributed by atoms with Gasteiger partial charge in [-0.15, -0.1) is 0 Å². The molecule has 1 fully saturated rings. The molecule has 0 bridgehead atoms. The molecule has 1 aliphatic rings. The van der Waals surface area contributed by atoms with Crippen LogP contribution in [0, 0.1) is 17.7 Å². The normalized spacial score (nSPS) is 20.6. The Morgan fingerprint density at radius 3 is 2.71 bits per heavy atom. The van der Waals surface area contributed by atoms with E-state index in [0.29, 0.717) is 12.5 Å². The molecule has 116 valence electrons. The van der Waals surface area contributed by atoms with E-state index in [1.165, 1.54) is 31.4 Å². The van der Waals surface area contributed by atoms with Gasteiger partial charge in [-0.25, -0.2) is 4.39 Å². The molecule has 1 unspecified atom stereocenters. The minimum absolute atomic E-state index is 0.277. The molecule has 0 aliphatic carbocycles. The number of hydrogen-bond acceptors (Lipinski definition) is 3. The molecule has 0 amide bonds. The van der Waals surface area contributed by atoms with Crippen LogP contribution in [0.3, 0.4) is 0 Å². The van der Waals surface area contributed by atoms with Crippen LogP contribution in [0.2, 0.25) is 0 Å². The lowest BCUT2D eigenvalue weighted by Gasteiger charge is -2.22. The Kier molecular flexibility index (Phi) is 5.79. The van der Waals surface area contributed by atoms with Gasteiger partial charge in [-0.1, -0.05) is 19.9 Å². The van der Waals surface area contributed by atoms with Gasteiger partial charge in [0.2, 0.25) is 0 Å². The average Bonchev–Trinajstić information content (AvgIpc) is 2.66. The van der Waals surface area contributed by atoms with Gasteiger partial charge < -0.3 is 10.0 Å². The molecule has 2 N–H and O–H groups in total. The topological polar surface area (TPSA) is 43.7 Å². The first-order valence-corrected chi connectivity index (χ1v) is 7.84. The van der Waals surface area contributed by atoms with Crippen molar-refractivity contribution in [3.8, 4) is 0 Å². The van der Waals surface area contributed by atoms with Crippen LogP contribution in [0.4, 0.5) is 4.39 Å². The summed E-state index contributed by atoms with van der Waals surface area (Å²) in [6.07, 6.45) is 3.60. The summed E-state index contributed by atoms with van der Waals surface area (Å²) in [6.45, 7) is 7.24. The standard InChI is InChI=1S/C16H25BFNO2/c1-12(2)13-4-3-8-19(9-7-13)11-14-5-6-15(18)10-16(14)17(20)21/h5-6,10,12-13,20-21H,3-4,7-9,11H2,1-2H3. The van der Waals surface area contributed by atoms with Crippen molar-refractivity contribution in [2.75, 3.05) is 13.1 Å². The minimum atomic E-state index is -1.62. The summed E-state index contributed by atoms with van der Waals surface area (Å²) in [5, 5.41) is 18.8. The van der Waals surface area contributed by atoms with Crippen molar-refractivity contribution in [3.63, 3.8) is 0 Å². The fraction of sp³-hybridized carbons (Fsp3) is 0.625. The lowest BCUT2D eigenvalue weighted by atomic mass is 9.77. The van der Waals surface area contributed by atoms with Crippen molar-refractivity contribution in [1.82, 2.24) is 4.90 Å². The van der Waals surface area contributed by atoms with Crippen LogP contribution in [0.15, 0.2) is 18.2 Å². The SMILES string of the molecule is CC(C)C1CCCN(Cc2ccc(F)cc2B(O)O)CC1. The first-order chi connectivity index (χ1) is 9.97. The Hall–Kier alpha value is -0.905. The molecule has 1 heterocycles. The molecule has 1 atom stereocenters. The highest BCUT2D eigenvalue weighted by Crippen LogP contribution is 2.25. The fourth-order valence-corrected chi connectivity index (χ4v) is 3.20. The lowest BCUT2D eigenvalue weighted by molar-refractivity contribution is 0.265. The molecule has 1 saturated heterocycles. The number of nitrogens with zero attached hydrogens (tertiary/aromatic N) is 1. The van der Waals surface area contributed by atoms with Gasteiger partial charge >= 0.3 is 7.12 Å². The van der Waals surface area contributed by atoms with Crippen molar-refractivity contribution < 1.29 is 14.4 Å². The number of likely N-dealkylation sites (tertiary alicyclic amines) is 1. The molecule has 1 aromatic carbocycles. The van der Waals surface area contributed by atoms with E-state index in [2.05, 4.69) is 18.7 Å². The van der Waals surface area contributed by atoms with E-state index in [9.17, 15) is 14.4 Å². The number of rotatable bonds is 4. The molecule has 0 aromatic heterocycles. The van der Waals surface area contributed by atoms with Gasteiger partial charge in [0.05, 0.1) is 0 Å². The van der Waals surface area contributed by atoms with Gasteiger partial charge in [0.25, 0.3) is 0 Å². The molecular formula is C16H25BFNO2. The van der Waals surface area contributed by atoms with Gasteiger partial charge in [0, 0.05) is 6.54 Å². The molecule has 5 heteroatoms. The zero-order valence-corrected chi connectivity index (χ0v) is 12.9. The quantitative estimate of drug-likeness (QED) is 0.832. The summed E-state index contributed by atoms with van der Waals surface area (Å²) in [4.78, 5) is 2.33. The highest BCUT2D eigenvalue weighted by Gasteiger charge is 2.22. The largest absolute Gasteiger partial charge is 0.488 e. The van der Waals surface area contributed by atoms with Crippen LogP contribution in [0.5, 0.6) is 0 Å². The summed E-state index contributed by atoms with van der Waals surface area (Å²) < 4.78 is 13.3. The molecule has 0 radical (unpaired) electrons. The Morgan fingerprint density at radius 1 is 1.29 bits per heavy atom. The Labute approximate surface area is 126 Å². The van der Waals surface area contributed by atoms with E-state index in [1.807, 2.05) is 0 Å². The number of halogens is 1. The molecule has 21 heavy (non-hydrogen) atoms. The van der Waals surface area contributed by atoms with Gasteiger partial charge in [0.1, 0.15) is 5.82 Å². The van der Waals surface area contributed by atoms with Crippen molar-refractivity contribution in [1.29, 1.82) is 0 Å². The highest BCUT2D eigenvalue weighted by molar-refractivity contribution is 6.59. The Balaban J connectivity index is 2.05. The van der Waals surface area contributed by atoms with E-state index in [0.717, 1.165) is 24.6 Å². The van der Waals surface area contributed by atoms with Crippen molar-refractivity contribution in [2.24, 2.45) is 11.8 Å². The Morgan fingerprint density at radius 2 is 2.05 bits per heavy atom. The van der Waals surface area contributed by atoms with Crippen LogP contribution in [-0.4, -0.2) is 35.2 Å². The average molecular weight is 293 g/mol. The minimum Gasteiger partial charge on any atom is -0.423 e. The maximum atomic E-state index is 13.3. The number of hydrogen-bond donors (Lipinski definition) is 2. The fourth-order valence-electron chi connectivity index (χ4n) is 3.20. The summed E-state index contributed by atoms with van der Waals surface area (Å²) in [5.41, 5.74) is 1.08. The summed E-state index contributed by atoms with van der Waals surface area (Å²) >= 11 is 0. The smallest absolute Gasteiger partial charge is 0.423 e. The van der Waals surface area contributed by atoms with Gasteiger partial charge in [-0.05, 0) is 67.3 Å². The second-order valence-corrected chi connectivity index (χ2v) is 6.43. The van der Waals surface area contributed by atoms with Gasteiger partial charge in [-0.3, -0.25) is 4.90 Å². The van der Waals surface area contributed by atoms with E-state index in [4.69, 9.17) is 0 Å². The Bertz CT molecular complexity index is 468. The van der Waals surface area contributed by atoms with Crippen molar-refractivity contribution in [3.05, 3.63) is 29.6 Å². The van der Waals surface area contributed by atoms with Crippen LogP contribution in [0.1, 0.15) is 38.7 Å². The first kappa shape index (κ1) is 16.5. The monoisotopic (exact) mass is 293 g/mol. The van der Waals surface area contributed by atoms with E-state index >= 15 is 0 Å². The van der Waals surface area contributed by atoms with E-state index < -0.39 is 12.9 Å². The third-order valence-electron chi connectivity index (χ3n) is 4.59. The maximum Gasteiger partial charge on any atom is 0.488 e. The van der Waals surface area contributed by atoms with Crippen LogP contribution < -0.4 is 5.46 Å². The summed E-state index contributed by atoms with van der Waals surface area (Å²) in [6, 6.07) is 4.26. The highest BCUT2D eigenvalue weighted by atomic mass is 19.1. The zero-order chi connectivity index (χ0) is 15.4. The summed E-state index contributed by atoms with van der Waals surface area (Å²) in [5.74, 6) is 1.05. The second-order valence-electron chi connectivity index (χ2n) is 6.43. The number of benzene rings is 1. The maximum absolute atomic E-state index is 13.3. The predicted octanol–water partition coefficient (Wildman–Crippen LogP) is 1.76. The molecule has 2 rings (SSSR count). The van der Waals surface area contributed by atoms with E-state index in [-0.39, 0.29) is 5.46 Å². The predicted molar refractivity (Wildman–Crippen MR) is 83.7 cm³/mol. The molecule has 3 nitrogen and oxygen atoms in total. The molecule has 0 spiro atoms. The third-order valence-corrected chi connectivity index (χ3v) is 4.59. The second kappa shape index (κ2) is 7.39. The summed E-state index contributed by atoms with van der Waals surface area (Å²) in [7, 11) is -1.62. The van der Waals surface area contributed by atoms with E-state index in [1.54, 1.807) is 6.07 Å². The molecular weight excluding hydrogens is 268 g/mol. The third kappa shape index (κ3) is 4.53.